The van der Waals surface area contributed by atoms with Gasteiger partial charge >= 0.3 is 0 Å². The van der Waals surface area contributed by atoms with Gasteiger partial charge in [0.1, 0.15) is 5.60 Å². The lowest BCUT2D eigenvalue weighted by Gasteiger charge is -2.36. The Labute approximate surface area is 174 Å². The van der Waals surface area contributed by atoms with Crippen LogP contribution in [0.4, 0.5) is 0 Å². The van der Waals surface area contributed by atoms with E-state index in [1.54, 1.807) is 7.11 Å². The van der Waals surface area contributed by atoms with E-state index in [1.165, 1.54) is 5.56 Å². The molecule has 0 bridgehead atoms. The van der Waals surface area contributed by atoms with Crippen LogP contribution >= 0.6 is 24.8 Å². The minimum absolute atomic E-state index is 0. The lowest BCUT2D eigenvalue weighted by Crippen LogP contribution is -2.56. The van der Waals surface area contributed by atoms with Crippen LogP contribution in [0.3, 0.4) is 0 Å². The van der Waals surface area contributed by atoms with E-state index >= 15 is 0 Å². The third kappa shape index (κ3) is 6.59. The fourth-order valence-electron chi connectivity index (χ4n) is 3.61. The number of amides is 1. The Bertz CT molecular complexity index is 556. The van der Waals surface area contributed by atoms with Crippen molar-refractivity contribution in [1.29, 1.82) is 0 Å². The molecule has 3 rings (SSSR count). The van der Waals surface area contributed by atoms with Crippen molar-refractivity contribution in [1.82, 2.24) is 15.5 Å². The van der Waals surface area contributed by atoms with E-state index in [1.807, 2.05) is 6.07 Å². The number of nitrogens with zero attached hydrogens (tertiary/aromatic N) is 1. The third-order valence-electron chi connectivity index (χ3n) is 5.18. The molecule has 2 saturated heterocycles. The van der Waals surface area contributed by atoms with Crippen molar-refractivity contribution < 1.29 is 14.3 Å². The summed E-state index contributed by atoms with van der Waals surface area (Å²) >= 11 is 0. The second-order valence-corrected chi connectivity index (χ2v) is 6.87. The second kappa shape index (κ2) is 11.8. The van der Waals surface area contributed by atoms with Crippen molar-refractivity contribution in [3.05, 3.63) is 35.9 Å². The van der Waals surface area contributed by atoms with Gasteiger partial charge in [0.05, 0.1) is 12.7 Å². The van der Waals surface area contributed by atoms with Crippen molar-refractivity contribution in [2.75, 3.05) is 46.4 Å². The van der Waals surface area contributed by atoms with Crippen LogP contribution in [0.25, 0.3) is 0 Å². The Balaban J connectivity index is 0.00000182. The van der Waals surface area contributed by atoms with E-state index < -0.39 is 5.60 Å². The molecule has 2 heterocycles. The monoisotopic (exact) mass is 419 g/mol. The van der Waals surface area contributed by atoms with Gasteiger partial charge in [0.25, 0.3) is 5.91 Å². The summed E-state index contributed by atoms with van der Waals surface area (Å²) in [7, 11) is 1.63. The summed E-state index contributed by atoms with van der Waals surface area (Å²) in [5.74, 6) is -0.0136. The summed E-state index contributed by atoms with van der Waals surface area (Å²) < 4.78 is 11.4. The highest BCUT2D eigenvalue weighted by Crippen LogP contribution is 2.22. The zero-order valence-electron chi connectivity index (χ0n) is 15.8. The first-order chi connectivity index (χ1) is 12.2. The van der Waals surface area contributed by atoms with Crippen molar-refractivity contribution >= 4 is 30.7 Å². The molecule has 1 atom stereocenters. The molecule has 0 saturated carbocycles. The summed E-state index contributed by atoms with van der Waals surface area (Å²) in [6, 6.07) is 10.5. The molecule has 0 aliphatic carbocycles. The van der Waals surface area contributed by atoms with Crippen LogP contribution in [-0.2, 0) is 20.8 Å². The average molecular weight is 420 g/mol. The molecule has 0 aromatic heterocycles. The summed E-state index contributed by atoms with van der Waals surface area (Å²) in [4.78, 5) is 15.0. The number of hydrogen-bond donors (Lipinski definition) is 2. The quantitative estimate of drug-likeness (QED) is 0.733. The predicted octanol–water partition coefficient (Wildman–Crippen LogP) is 1.62. The predicted molar refractivity (Wildman–Crippen MR) is 111 cm³/mol. The van der Waals surface area contributed by atoms with Crippen LogP contribution < -0.4 is 10.6 Å². The highest BCUT2D eigenvalue weighted by Gasteiger charge is 2.39. The second-order valence-electron chi connectivity index (χ2n) is 6.87. The number of carbonyl (C=O) groups is 1. The van der Waals surface area contributed by atoms with Gasteiger partial charge in [-0.2, -0.15) is 0 Å². The summed E-state index contributed by atoms with van der Waals surface area (Å²) in [5.41, 5.74) is 0.615. The number of piperidine rings is 1. The normalized spacial score (nSPS) is 22.2. The van der Waals surface area contributed by atoms with Gasteiger partial charge in [0.15, 0.2) is 0 Å². The molecule has 2 aliphatic heterocycles. The number of nitrogens with one attached hydrogen (secondary N) is 2. The maximum Gasteiger partial charge on any atom is 0.252 e. The number of hydrogen-bond acceptors (Lipinski definition) is 5. The summed E-state index contributed by atoms with van der Waals surface area (Å²) in [5, 5.41) is 6.33. The Kier molecular flexibility index (Phi) is 10.6. The first-order valence-corrected chi connectivity index (χ1v) is 9.14. The van der Waals surface area contributed by atoms with Crippen molar-refractivity contribution in [3.8, 4) is 0 Å². The maximum absolute atomic E-state index is 12.6. The zero-order valence-corrected chi connectivity index (χ0v) is 17.4. The van der Waals surface area contributed by atoms with Crippen molar-refractivity contribution in [2.45, 2.75) is 31.1 Å². The van der Waals surface area contributed by atoms with Gasteiger partial charge in [-0.05, 0) is 31.5 Å². The minimum atomic E-state index is -0.691. The number of benzene rings is 1. The molecular weight excluding hydrogens is 389 g/mol. The van der Waals surface area contributed by atoms with E-state index in [9.17, 15) is 4.79 Å². The Morgan fingerprint density at radius 1 is 1.30 bits per heavy atom. The van der Waals surface area contributed by atoms with Gasteiger partial charge in [-0.25, -0.2) is 0 Å². The molecule has 6 nitrogen and oxygen atoms in total. The largest absolute Gasteiger partial charge is 0.374 e. The molecular formula is C19H31Cl2N3O3. The molecule has 27 heavy (non-hydrogen) atoms. The van der Waals surface area contributed by atoms with Gasteiger partial charge in [0, 0.05) is 33.3 Å². The molecule has 1 amide bonds. The van der Waals surface area contributed by atoms with E-state index in [4.69, 9.17) is 9.47 Å². The minimum Gasteiger partial charge on any atom is -0.374 e. The van der Waals surface area contributed by atoms with Crippen LogP contribution in [0.2, 0.25) is 0 Å². The lowest BCUT2D eigenvalue weighted by atomic mass is 9.91. The van der Waals surface area contributed by atoms with Gasteiger partial charge in [-0.15, -0.1) is 24.8 Å². The number of halogens is 2. The Hall–Kier alpha value is -0.890. The molecule has 2 N–H and O–H groups in total. The van der Waals surface area contributed by atoms with Gasteiger partial charge in [-0.3, -0.25) is 9.69 Å². The van der Waals surface area contributed by atoms with Gasteiger partial charge < -0.3 is 20.1 Å². The molecule has 2 aliphatic rings. The lowest BCUT2D eigenvalue weighted by molar-refractivity contribution is -0.147. The number of ether oxygens (including phenoxy) is 2. The van der Waals surface area contributed by atoms with Crippen LogP contribution in [0.5, 0.6) is 0 Å². The molecule has 0 radical (unpaired) electrons. The smallest absolute Gasteiger partial charge is 0.252 e. The first kappa shape index (κ1) is 24.1. The van der Waals surface area contributed by atoms with Crippen LogP contribution in [0.1, 0.15) is 18.4 Å². The zero-order chi connectivity index (χ0) is 17.5. The number of morpholine rings is 1. The van der Waals surface area contributed by atoms with Crippen LogP contribution in [-0.4, -0.2) is 69.0 Å². The molecule has 0 spiro atoms. The molecule has 1 aromatic rings. The number of rotatable bonds is 6. The number of carbonyl (C=O) groups excluding carboxylic acids is 1. The molecule has 1 aromatic carbocycles. The first-order valence-electron chi connectivity index (χ1n) is 9.14. The van der Waals surface area contributed by atoms with Gasteiger partial charge in [0.2, 0.25) is 0 Å². The van der Waals surface area contributed by atoms with Gasteiger partial charge in [-0.1, -0.05) is 30.3 Å². The fraction of sp³-hybridized carbons (Fsp3) is 0.632. The Morgan fingerprint density at radius 2 is 2.00 bits per heavy atom. The summed E-state index contributed by atoms with van der Waals surface area (Å²) in [6.07, 6.45) is 1.44. The summed E-state index contributed by atoms with van der Waals surface area (Å²) in [6.45, 7) is 5.53. The molecule has 2 fully saturated rings. The van der Waals surface area contributed by atoms with E-state index in [0.29, 0.717) is 26.0 Å². The van der Waals surface area contributed by atoms with E-state index in [0.717, 1.165) is 32.7 Å². The molecule has 1 unspecified atom stereocenters. The fourth-order valence-corrected chi connectivity index (χ4v) is 3.61. The average Bonchev–Trinajstić information content (AvgIpc) is 2.68. The topological polar surface area (TPSA) is 62.8 Å². The standard InChI is InChI=1S/C19H29N3O3.2ClH/c1-24-19(7-9-20-10-8-19)18(23)21-13-17-15-22(11-12-25-17)14-16-5-3-2-4-6-16;;/h2-6,17,20H,7-15H2,1H3,(H,21,23);2*1H. The van der Waals surface area contributed by atoms with Crippen molar-refractivity contribution in [3.63, 3.8) is 0 Å². The highest BCUT2D eigenvalue weighted by atomic mass is 35.5. The Morgan fingerprint density at radius 3 is 2.67 bits per heavy atom. The molecule has 154 valence electrons. The van der Waals surface area contributed by atoms with E-state index in [2.05, 4.69) is 39.8 Å². The number of methoxy groups -OCH3 is 1. The molecule has 8 heteroatoms. The SMILES string of the molecule is COC1(C(=O)NCC2CN(Cc3ccccc3)CCO2)CCNCC1.Cl.Cl. The van der Waals surface area contributed by atoms with Crippen molar-refractivity contribution in [2.24, 2.45) is 0 Å². The van der Waals surface area contributed by atoms with E-state index in [-0.39, 0.29) is 36.8 Å². The maximum atomic E-state index is 12.6. The van der Waals surface area contributed by atoms with Crippen LogP contribution in [0.15, 0.2) is 30.3 Å². The third-order valence-corrected chi connectivity index (χ3v) is 5.18. The van der Waals surface area contributed by atoms with Crippen LogP contribution in [0, 0.1) is 0 Å². The highest BCUT2D eigenvalue weighted by molar-refractivity contribution is 5.86.